The van der Waals surface area contributed by atoms with Crippen LogP contribution in [0.5, 0.6) is 0 Å². The first-order valence-electron chi connectivity index (χ1n) is 8.87. The Bertz CT molecular complexity index is 1000. The number of carbonyl (C=O) groups is 1. The van der Waals surface area contributed by atoms with Crippen molar-refractivity contribution in [3.63, 3.8) is 0 Å². The number of carbonyl (C=O) groups excluding carboxylic acids is 1. The third-order valence-corrected chi connectivity index (χ3v) is 5.31. The highest BCUT2D eigenvalue weighted by Gasteiger charge is 2.16. The molecule has 1 N–H and O–H groups in total. The number of nitrogens with one attached hydrogen (secondary N) is 1. The molecule has 7 heteroatoms. The van der Waals surface area contributed by atoms with Crippen LogP contribution < -0.4 is 5.32 Å². The van der Waals surface area contributed by atoms with Crippen LogP contribution in [0.3, 0.4) is 0 Å². The monoisotopic (exact) mass is 419 g/mol. The van der Waals surface area contributed by atoms with E-state index in [9.17, 15) is 9.18 Å². The van der Waals surface area contributed by atoms with Gasteiger partial charge in [-0.05, 0) is 56.2 Å². The van der Waals surface area contributed by atoms with Crippen LogP contribution in [0.1, 0.15) is 22.5 Å². The van der Waals surface area contributed by atoms with Gasteiger partial charge < -0.3 is 5.32 Å². The van der Waals surface area contributed by atoms with Crippen molar-refractivity contribution in [2.45, 2.75) is 26.7 Å². The summed E-state index contributed by atoms with van der Waals surface area (Å²) in [6, 6.07) is 11.6. The number of hydrogen-bond acceptors (Lipinski definition) is 2. The molecule has 0 aliphatic carbocycles. The smallest absolute Gasteiger partial charge is 0.224 e. The van der Waals surface area contributed by atoms with Crippen LogP contribution in [0, 0.1) is 19.7 Å². The van der Waals surface area contributed by atoms with Crippen LogP contribution in [0.2, 0.25) is 10.0 Å². The van der Waals surface area contributed by atoms with Gasteiger partial charge in [0, 0.05) is 17.8 Å². The molecule has 0 radical (unpaired) electrons. The van der Waals surface area contributed by atoms with Gasteiger partial charge in [-0.25, -0.2) is 9.07 Å². The number of aryl methyl sites for hydroxylation is 1. The standard InChI is InChI=1S/C21H20Cl2FN3O/c1-13-18(12-21(28)25-10-9-15-3-5-16(24)6-4-15)14(2)27(26-13)17-7-8-19(22)20(23)11-17/h3-8,11H,9-10,12H2,1-2H3,(H,25,28). The minimum Gasteiger partial charge on any atom is -0.355 e. The van der Waals surface area contributed by atoms with Gasteiger partial charge in [-0.2, -0.15) is 5.10 Å². The Hall–Kier alpha value is -2.37. The van der Waals surface area contributed by atoms with Gasteiger partial charge in [-0.15, -0.1) is 0 Å². The van der Waals surface area contributed by atoms with Gasteiger partial charge in [0.15, 0.2) is 0 Å². The summed E-state index contributed by atoms with van der Waals surface area (Å²) < 4.78 is 14.7. The molecule has 0 atom stereocenters. The molecule has 0 saturated carbocycles. The van der Waals surface area contributed by atoms with Crippen molar-refractivity contribution in [3.05, 3.63) is 80.8 Å². The molecule has 1 amide bonds. The van der Waals surface area contributed by atoms with Crippen LogP contribution in [0.15, 0.2) is 42.5 Å². The third kappa shape index (κ3) is 4.72. The molecule has 1 heterocycles. The summed E-state index contributed by atoms with van der Waals surface area (Å²) in [5, 5.41) is 8.38. The Labute approximate surface area is 173 Å². The number of hydrogen-bond donors (Lipinski definition) is 1. The molecule has 0 saturated heterocycles. The molecular formula is C21H20Cl2FN3O. The molecule has 2 aromatic carbocycles. The molecule has 0 fully saturated rings. The molecule has 3 rings (SSSR count). The van der Waals surface area contributed by atoms with E-state index >= 15 is 0 Å². The van der Waals surface area contributed by atoms with Gasteiger partial charge in [0.1, 0.15) is 5.82 Å². The van der Waals surface area contributed by atoms with Crippen molar-refractivity contribution in [2.24, 2.45) is 0 Å². The molecule has 1 aromatic heterocycles. The van der Waals surface area contributed by atoms with Crippen LogP contribution in [-0.4, -0.2) is 22.2 Å². The first kappa shape index (κ1) is 20.4. The quantitative estimate of drug-likeness (QED) is 0.621. The number of rotatable bonds is 6. The number of amides is 1. The van der Waals surface area contributed by atoms with Gasteiger partial charge in [0.25, 0.3) is 0 Å². The topological polar surface area (TPSA) is 46.9 Å². The van der Waals surface area contributed by atoms with Crippen LogP contribution in [-0.2, 0) is 17.6 Å². The Morgan fingerprint density at radius 3 is 2.50 bits per heavy atom. The van der Waals surface area contributed by atoms with Gasteiger partial charge >= 0.3 is 0 Å². The minimum absolute atomic E-state index is 0.0815. The van der Waals surface area contributed by atoms with Gasteiger partial charge in [-0.1, -0.05) is 35.3 Å². The molecule has 0 bridgehead atoms. The number of benzene rings is 2. The molecule has 146 valence electrons. The second-order valence-corrected chi connectivity index (χ2v) is 7.38. The zero-order valence-corrected chi connectivity index (χ0v) is 17.1. The van der Waals surface area contributed by atoms with Gasteiger partial charge in [-0.3, -0.25) is 4.79 Å². The first-order chi connectivity index (χ1) is 13.3. The fourth-order valence-electron chi connectivity index (χ4n) is 3.02. The Morgan fingerprint density at radius 2 is 1.82 bits per heavy atom. The van der Waals surface area contributed by atoms with Crippen molar-refractivity contribution < 1.29 is 9.18 Å². The number of halogens is 3. The summed E-state index contributed by atoms with van der Waals surface area (Å²) in [5.74, 6) is -0.347. The summed E-state index contributed by atoms with van der Waals surface area (Å²) in [7, 11) is 0. The third-order valence-electron chi connectivity index (χ3n) is 4.58. The second-order valence-electron chi connectivity index (χ2n) is 6.56. The summed E-state index contributed by atoms with van der Waals surface area (Å²) in [5.41, 5.74) is 4.31. The van der Waals surface area contributed by atoms with E-state index in [2.05, 4.69) is 10.4 Å². The SMILES string of the molecule is Cc1nn(-c2ccc(Cl)c(Cl)c2)c(C)c1CC(=O)NCCc1ccc(F)cc1. The van der Waals surface area contributed by atoms with Crippen molar-refractivity contribution in [3.8, 4) is 5.69 Å². The lowest BCUT2D eigenvalue weighted by molar-refractivity contribution is -0.120. The van der Waals surface area contributed by atoms with E-state index < -0.39 is 0 Å². The lowest BCUT2D eigenvalue weighted by Gasteiger charge is -2.08. The fourth-order valence-corrected chi connectivity index (χ4v) is 3.31. The lowest BCUT2D eigenvalue weighted by Crippen LogP contribution is -2.27. The summed E-state index contributed by atoms with van der Waals surface area (Å²) in [6.45, 7) is 4.29. The zero-order chi connectivity index (χ0) is 20.3. The summed E-state index contributed by atoms with van der Waals surface area (Å²) >= 11 is 12.1. The highest BCUT2D eigenvalue weighted by atomic mass is 35.5. The average Bonchev–Trinajstić information content (AvgIpc) is 2.94. The molecule has 0 aliphatic heterocycles. The maximum atomic E-state index is 12.9. The van der Waals surface area contributed by atoms with Gasteiger partial charge in [0.05, 0.1) is 27.8 Å². The number of nitrogens with zero attached hydrogens (tertiary/aromatic N) is 2. The molecule has 4 nitrogen and oxygen atoms in total. The van der Waals surface area contributed by atoms with Crippen molar-refractivity contribution in [1.82, 2.24) is 15.1 Å². The maximum absolute atomic E-state index is 12.9. The average molecular weight is 420 g/mol. The van der Waals surface area contributed by atoms with Crippen molar-refractivity contribution >= 4 is 29.1 Å². The summed E-state index contributed by atoms with van der Waals surface area (Å²) in [4.78, 5) is 12.4. The Morgan fingerprint density at radius 1 is 1.11 bits per heavy atom. The van der Waals surface area contributed by atoms with Crippen LogP contribution >= 0.6 is 23.2 Å². The van der Waals surface area contributed by atoms with Gasteiger partial charge in [0.2, 0.25) is 5.91 Å². The van der Waals surface area contributed by atoms with Crippen molar-refractivity contribution in [2.75, 3.05) is 6.54 Å². The van der Waals surface area contributed by atoms with E-state index in [0.29, 0.717) is 23.0 Å². The predicted molar refractivity (Wildman–Crippen MR) is 110 cm³/mol. The molecule has 28 heavy (non-hydrogen) atoms. The normalized spacial score (nSPS) is 10.9. The Balaban J connectivity index is 1.65. The lowest BCUT2D eigenvalue weighted by atomic mass is 10.1. The van der Waals surface area contributed by atoms with E-state index in [-0.39, 0.29) is 18.1 Å². The predicted octanol–water partition coefficient (Wildman–Crippen LogP) is 4.84. The van der Waals surface area contributed by atoms with E-state index in [0.717, 1.165) is 28.2 Å². The molecule has 0 unspecified atom stereocenters. The summed E-state index contributed by atoms with van der Waals surface area (Å²) in [6.07, 6.45) is 0.884. The highest BCUT2D eigenvalue weighted by molar-refractivity contribution is 6.42. The van der Waals surface area contributed by atoms with Crippen molar-refractivity contribution in [1.29, 1.82) is 0 Å². The van der Waals surface area contributed by atoms with Crippen LogP contribution in [0.25, 0.3) is 5.69 Å². The van der Waals surface area contributed by atoms with E-state index in [1.165, 1.54) is 12.1 Å². The fraction of sp³-hybridized carbons (Fsp3) is 0.238. The maximum Gasteiger partial charge on any atom is 0.224 e. The zero-order valence-electron chi connectivity index (χ0n) is 15.6. The molecule has 0 aliphatic rings. The highest BCUT2D eigenvalue weighted by Crippen LogP contribution is 2.26. The molecule has 3 aromatic rings. The number of aromatic nitrogens is 2. The van der Waals surface area contributed by atoms with E-state index in [4.69, 9.17) is 23.2 Å². The van der Waals surface area contributed by atoms with E-state index in [1.807, 2.05) is 19.9 Å². The van der Waals surface area contributed by atoms with Crippen LogP contribution in [0.4, 0.5) is 4.39 Å². The Kier molecular flexibility index (Phi) is 6.37. The molecular weight excluding hydrogens is 400 g/mol. The van der Waals surface area contributed by atoms with E-state index in [1.54, 1.807) is 28.9 Å². The molecule has 0 spiro atoms. The minimum atomic E-state index is -0.266. The second kappa shape index (κ2) is 8.76. The first-order valence-corrected chi connectivity index (χ1v) is 9.62. The largest absolute Gasteiger partial charge is 0.355 e.